The van der Waals surface area contributed by atoms with E-state index in [1.165, 1.54) is 7.11 Å². The van der Waals surface area contributed by atoms with Crippen LogP contribution in [-0.4, -0.2) is 29.7 Å². The van der Waals surface area contributed by atoms with Crippen molar-refractivity contribution in [2.24, 2.45) is 10.1 Å². The van der Waals surface area contributed by atoms with Gasteiger partial charge in [-0.3, -0.25) is 4.99 Å². The van der Waals surface area contributed by atoms with Gasteiger partial charge < -0.3 is 9.84 Å². The lowest BCUT2D eigenvalue weighted by Crippen LogP contribution is -2.12. The van der Waals surface area contributed by atoms with Crippen LogP contribution in [0, 0.1) is 0 Å². The molecule has 0 aliphatic heterocycles. The lowest BCUT2D eigenvalue weighted by Gasteiger charge is -2.04. The lowest BCUT2D eigenvalue weighted by atomic mass is 10.2. The van der Waals surface area contributed by atoms with E-state index < -0.39 is 0 Å². The summed E-state index contributed by atoms with van der Waals surface area (Å²) in [6, 6.07) is 9.21. The van der Waals surface area contributed by atoms with Gasteiger partial charge in [-0.25, -0.2) is 4.68 Å². The van der Waals surface area contributed by atoms with Crippen molar-refractivity contribution >= 4 is 28.9 Å². The SMILES string of the molecule is CCN=c1scc(-c2cccs2)n1N=Cc1ccc(O)c(OC)c1. The van der Waals surface area contributed by atoms with Crippen LogP contribution in [0.5, 0.6) is 11.5 Å². The molecule has 3 rings (SSSR count). The number of thiophene rings is 1. The number of benzene rings is 1. The number of aromatic nitrogens is 1. The molecule has 0 spiro atoms. The third-order valence-corrected chi connectivity index (χ3v) is 5.02. The van der Waals surface area contributed by atoms with Gasteiger partial charge in [-0.05, 0) is 42.1 Å². The van der Waals surface area contributed by atoms with E-state index in [0.717, 1.165) is 20.9 Å². The Morgan fingerprint density at radius 3 is 2.88 bits per heavy atom. The van der Waals surface area contributed by atoms with Gasteiger partial charge in [0.1, 0.15) is 0 Å². The molecule has 1 N–H and O–H groups in total. The third kappa shape index (κ3) is 3.42. The van der Waals surface area contributed by atoms with Gasteiger partial charge in [0.15, 0.2) is 11.5 Å². The van der Waals surface area contributed by atoms with Crippen molar-refractivity contribution in [3.05, 3.63) is 51.5 Å². The summed E-state index contributed by atoms with van der Waals surface area (Å²) in [4.78, 5) is 6.50. The molecule has 0 saturated heterocycles. The number of ether oxygens (including phenoxy) is 1. The van der Waals surface area contributed by atoms with Crippen molar-refractivity contribution < 1.29 is 9.84 Å². The molecule has 2 heterocycles. The van der Waals surface area contributed by atoms with Crippen LogP contribution in [0.15, 0.2) is 51.2 Å². The predicted octanol–water partition coefficient (Wildman–Crippen LogP) is 3.80. The zero-order valence-corrected chi connectivity index (χ0v) is 15.0. The molecule has 0 atom stereocenters. The van der Waals surface area contributed by atoms with Crippen LogP contribution in [0.25, 0.3) is 10.6 Å². The minimum atomic E-state index is 0.110. The fourth-order valence-corrected chi connectivity index (χ4v) is 3.84. The highest BCUT2D eigenvalue weighted by Crippen LogP contribution is 2.26. The molecule has 0 unspecified atom stereocenters. The van der Waals surface area contributed by atoms with E-state index in [4.69, 9.17) is 4.74 Å². The van der Waals surface area contributed by atoms with Crippen molar-refractivity contribution in [3.8, 4) is 22.1 Å². The van der Waals surface area contributed by atoms with E-state index in [2.05, 4.69) is 21.5 Å². The molecule has 0 aliphatic rings. The zero-order valence-electron chi connectivity index (χ0n) is 13.3. The van der Waals surface area contributed by atoms with Gasteiger partial charge in [-0.15, -0.1) is 22.7 Å². The Kier molecular flexibility index (Phi) is 5.12. The Bertz CT molecular complexity index is 908. The monoisotopic (exact) mass is 359 g/mol. The Morgan fingerprint density at radius 2 is 2.17 bits per heavy atom. The number of rotatable bonds is 5. The van der Waals surface area contributed by atoms with E-state index in [-0.39, 0.29) is 5.75 Å². The summed E-state index contributed by atoms with van der Waals surface area (Å²) in [5.41, 5.74) is 1.85. The number of methoxy groups -OCH3 is 1. The molecule has 1 aromatic carbocycles. The van der Waals surface area contributed by atoms with Crippen LogP contribution in [-0.2, 0) is 0 Å². The van der Waals surface area contributed by atoms with Crippen LogP contribution in [0.2, 0.25) is 0 Å². The van der Waals surface area contributed by atoms with Gasteiger partial charge in [-0.2, -0.15) is 5.10 Å². The van der Waals surface area contributed by atoms with E-state index in [1.54, 1.807) is 47.1 Å². The number of thiazole rings is 1. The van der Waals surface area contributed by atoms with E-state index >= 15 is 0 Å². The molecule has 0 radical (unpaired) electrons. The normalized spacial score (nSPS) is 12.2. The summed E-state index contributed by atoms with van der Waals surface area (Å²) in [5.74, 6) is 0.532. The Balaban J connectivity index is 2.03. The molecule has 24 heavy (non-hydrogen) atoms. The van der Waals surface area contributed by atoms with Crippen LogP contribution in [0.4, 0.5) is 0 Å². The standard InChI is InChI=1S/C17H17N3O2S2/c1-3-18-17-20(13(11-24-17)16-5-4-8-23-16)19-10-12-6-7-14(21)15(9-12)22-2/h4-11,21H,3H2,1-2H3. The maximum Gasteiger partial charge on any atom is 0.206 e. The van der Waals surface area contributed by atoms with Crippen LogP contribution in [0.1, 0.15) is 12.5 Å². The highest BCUT2D eigenvalue weighted by Gasteiger charge is 2.08. The quantitative estimate of drug-likeness (QED) is 0.705. The first-order valence-electron chi connectivity index (χ1n) is 7.39. The molecule has 3 aromatic rings. The molecule has 0 aliphatic carbocycles. The summed E-state index contributed by atoms with van der Waals surface area (Å²) in [7, 11) is 1.52. The maximum absolute atomic E-state index is 9.68. The van der Waals surface area contributed by atoms with E-state index in [0.29, 0.717) is 12.3 Å². The molecule has 2 aromatic heterocycles. The number of hydrogen-bond acceptors (Lipinski definition) is 6. The molecule has 0 bridgehead atoms. The van der Waals surface area contributed by atoms with E-state index in [1.807, 2.05) is 23.0 Å². The number of hydrogen-bond donors (Lipinski definition) is 1. The summed E-state index contributed by atoms with van der Waals surface area (Å²) in [6.45, 7) is 2.70. The van der Waals surface area contributed by atoms with Crippen LogP contribution in [0.3, 0.4) is 0 Å². The number of aromatic hydroxyl groups is 1. The minimum Gasteiger partial charge on any atom is -0.504 e. The number of nitrogens with zero attached hydrogens (tertiary/aromatic N) is 3. The number of phenolic OH excluding ortho intramolecular Hbond substituents is 1. The van der Waals surface area contributed by atoms with Crippen molar-refractivity contribution in [1.82, 2.24) is 4.68 Å². The second-order valence-electron chi connectivity index (χ2n) is 4.84. The average molecular weight is 359 g/mol. The van der Waals surface area contributed by atoms with Gasteiger partial charge >= 0.3 is 0 Å². The molecule has 0 amide bonds. The topological polar surface area (TPSA) is 59.1 Å². The van der Waals surface area contributed by atoms with Crippen molar-refractivity contribution in [2.75, 3.05) is 13.7 Å². The molecule has 7 heteroatoms. The van der Waals surface area contributed by atoms with Crippen LogP contribution >= 0.6 is 22.7 Å². The fourth-order valence-electron chi connectivity index (χ4n) is 2.15. The van der Waals surface area contributed by atoms with Gasteiger partial charge in [0.2, 0.25) is 4.80 Å². The van der Waals surface area contributed by atoms with Gasteiger partial charge in [0, 0.05) is 11.9 Å². The van der Waals surface area contributed by atoms with Gasteiger partial charge in [-0.1, -0.05) is 6.07 Å². The zero-order chi connectivity index (χ0) is 16.9. The van der Waals surface area contributed by atoms with E-state index in [9.17, 15) is 5.11 Å². The van der Waals surface area contributed by atoms with Crippen molar-refractivity contribution in [3.63, 3.8) is 0 Å². The third-order valence-electron chi connectivity index (χ3n) is 3.28. The molecule has 0 saturated carbocycles. The first kappa shape index (κ1) is 16.5. The number of phenols is 1. The molecule has 5 nitrogen and oxygen atoms in total. The minimum absolute atomic E-state index is 0.110. The highest BCUT2D eigenvalue weighted by atomic mass is 32.1. The van der Waals surface area contributed by atoms with Gasteiger partial charge in [0.25, 0.3) is 0 Å². The average Bonchev–Trinajstić information content (AvgIpc) is 3.24. The maximum atomic E-state index is 9.68. The molecule has 0 fully saturated rings. The highest BCUT2D eigenvalue weighted by molar-refractivity contribution is 7.14. The Hall–Kier alpha value is -2.38. The smallest absolute Gasteiger partial charge is 0.206 e. The summed E-state index contributed by atoms with van der Waals surface area (Å²) in [6.07, 6.45) is 1.74. The second kappa shape index (κ2) is 7.46. The Morgan fingerprint density at radius 1 is 1.29 bits per heavy atom. The van der Waals surface area contributed by atoms with Gasteiger partial charge in [0.05, 0.1) is 23.9 Å². The first-order valence-corrected chi connectivity index (χ1v) is 9.15. The predicted molar refractivity (Wildman–Crippen MR) is 99.4 cm³/mol. The molecular weight excluding hydrogens is 342 g/mol. The first-order chi connectivity index (χ1) is 11.7. The fraction of sp³-hybridized carbons (Fsp3) is 0.176. The summed E-state index contributed by atoms with van der Waals surface area (Å²) >= 11 is 3.24. The molecule has 124 valence electrons. The Labute approximate surface area is 147 Å². The van der Waals surface area contributed by atoms with Crippen molar-refractivity contribution in [2.45, 2.75) is 6.92 Å². The lowest BCUT2D eigenvalue weighted by molar-refractivity contribution is 0.373. The van der Waals surface area contributed by atoms with Crippen LogP contribution < -0.4 is 9.54 Å². The van der Waals surface area contributed by atoms with Crippen molar-refractivity contribution in [1.29, 1.82) is 0 Å². The summed E-state index contributed by atoms with van der Waals surface area (Å²) < 4.78 is 6.98. The summed E-state index contributed by atoms with van der Waals surface area (Å²) in [5, 5.41) is 18.4. The molecular formula is C17H17N3O2S2. The second-order valence-corrected chi connectivity index (χ2v) is 6.63. The largest absolute Gasteiger partial charge is 0.504 e.